The summed E-state index contributed by atoms with van der Waals surface area (Å²) in [6, 6.07) is 0. The highest BCUT2D eigenvalue weighted by molar-refractivity contribution is 5.67. The van der Waals surface area contributed by atoms with Crippen LogP contribution in [0.5, 0.6) is 0 Å². The maximum absolute atomic E-state index is 11.1. The Labute approximate surface area is 80.2 Å². The molecule has 1 heteroatoms. The first-order valence-electron chi connectivity index (χ1n) is 5.24. The minimum absolute atomic E-state index is 0.00315. The lowest BCUT2D eigenvalue weighted by Gasteiger charge is -2.13. The van der Waals surface area contributed by atoms with Crippen LogP contribution in [0.1, 0.15) is 46.0 Å². The lowest BCUT2D eigenvalue weighted by atomic mass is 9.90. The predicted octanol–water partition coefficient (Wildman–Crippen LogP) is 3.10. The van der Waals surface area contributed by atoms with Gasteiger partial charge in [0.05, 0.1) is 0 Å². The van der Waals surface area contributed by atoms with Crippen molar-refractivity contribution in [3.05, 3.63) is 11.6 Å². The standard InChI is InChI=1S/C12H18O/c1-11(2)8-12(11,9-13)7-10-5-3-4-6-10/h5,9H,3-4,6-8H2,1-2H3. The average Bonchev–Trinajstić information content (AvgIpc) is 2.52. The number of allylic oxidation sites excluding steroid dienone is 2. The quantitative estimate of drug-likeness (QED) is 0.479. The van der Waals surface area contributed by atoms with E-state index < -0.39 is 0 Å². The van der Waals surface area contributed by atoms with Gasteiger partial charge in [0.2, 0.25) is 0 Å². The molecule has 1 atom stereocenters. The van der Waals surface area contributed by atoms with Crippen LogP contribution < -0.4 is 0 Å². The highest BCUT2D eigenvalue weighted by Crippen LogP contribution is 2.65. The van der Waals surface area contributed by atoms with Gasteiger partial charge >= 0.3 is 0 Å². The van der Waals surface area contributed by atoms with E-state index in [0.717, 1.165) is 12.8 Å². The normalized spacial score (nSPS) is 35.7. The van der Waals surface area contributed by atoms with E-state index in [1.807, 2.05) is 0 Å². The number of hydrogen-bond acceptors (Lipinski definition) is 1. The lowest BCUT2D eigenvalue weighted by molar-refractivity contribution is -0.113. The van der Waals surface area contributed by atoms with Crippen LogP contribution in [0.25, 0.3) is 0 Å². The van der Waals surface area contributed by atoms with Crippen LogP contribution in [0.15, 0.2) is 11.6 Å². The Hall–Kier alpha value is -0.590. The minimum atomic E-state index is 0.00315. The van der Waals surface area contributed by atoms with Gasteiger partial charge in [0.25, 0.3) is 0 Å². The Morgan fingerprint density at radius 1 is 1.54 bits per heavy atom. The summed E-state index contributed by atoms with van der Waals surface area (Å²) in [6.07, 6.45) is 9.40. The third kappa shape index (κ3) is 1.34. The van der Waals surface area contributed by atoms with Crippen LogP contribution in [0.3, 0.4) is 0 Å². The molecule has 1 saturated carbocycles. The molecule has 13 heavy (non-hydrogen) atoms. The van der Waals surface area contributed by atoms with Gasteiger partial charge in [-0.3, -0.25) is 0 Å². The van der Waals surface area contributed by atoms with E-state index in [-0.39, 0.29) is 10.8 Å². The topological polar surface area (TPSA) is 17.1 Å². The molecule has 0 saturated heterocycles. The summed E-state index contributed by atoms with van der Waals surface area (Å²) < 4.78 is 0. The molecule has 0 aromatic heterocycles. The molecule has 72 valence electrons. The summed E-state index contributed by atoms with van der Waals surface area (Å²) in [5, 5.41) is 0. The Bertz CT molecular complexity index is 262. The number of rotatable bonds is 3. The number of hydrogen-bond donors (Lipinski definition) is 0. The molecule has 1 unspecified atom stereocenters. The van der Waals surface area contributed by atoms with Crippen LogP contribution in [0.4, 0.5) is 0 Å². The molecule has 2 rings (SSSR count). The second-order valence-corrected chi connectivity index (χ2v) is 5.27. The number of carbonyl (C=O) groups is 1. The van der Waals surface area contributed by atoms with E-state index in [2.05, 4.69) is 19.9 Å². The van der Waals surface area contributed by atoms with E-state index in [1.165, 1.54) is 31.1 Å². The summed E-state index contributed by atoms with van der Waals surface area (Å²) in [5.41, 5.74) is 1.79. The third-order valence-electron chi connectivity index (χ3n) is 3.88. The summed E-state index contributed by atoms with van der Waals surface area (Å²) in [4.78, 5) is 11.1. The summed E-state index contributed by atoms with van der Waals surface area (Å²) in [5.74, 6) is 0. The Balaban J connectivity index is 2.05. The smallest absolute Gasteiger partial charge is 0.127 e. The van der Waals surface area contributed by atoms with E-state index in [1.54, 1.807) is 0 Å². The van der Waals surface area contributed by atoms with E-state index in [0.29, 0.717) is 0 Å². The summed E-state index contributed by atoms with van der Waals surface area (Å²) >= 11 is 0. The van der Waals surface area contributed by atoms with Crippen molar-refractivity contribution in [2.75, 3.05) is 0 Å². The first kappa shape index (κ1) is 8.98. The van der Waals surface area contributed by atoms with Crippen molar-refractivity contribution in [3.63, 3.8) is 0 Å². The minimum Gasteiger partial charge on any atom is -0.303 e. The molecule has 0 bridgehead atoms. The van der Waals surface area contributed by atoms with E-state index >= 15 is 0 Å². The van der Waals surface area contributed by atoms with Crippen molar-refractivity contribution in [2.24, 2.45) is 10.8 Å². The van der Waals surface area contributed by atoms with Crippen molar-refractivity contribution < 1.29 is 4.79 Å². The summed E-state index contributed by atoms with van der Waals surface area (Å²) in [7, 11) is 0. The summed E-state index contributed by atoms with van der Waals surface area (Å²) in [6.45, 7) is 4.41. The third-order valence-corrected chi connectivity index (χ3v) is 3.88. The Morgan fingerprint density at radius 3 is 2.62 bits per heavy atom. The van der Waals surface area contributed by atoms with Crippen molar-refractivity contribution in [1.82, 2.24) is 0 Å². The zero-order chi connectivity index (χ0) is 9.53. The van der Waals surface area contributed by atoms with Gasteiger partial charge in [-0.05, 0) is 37.5 Å². The number of aldehydes is 1. The second-order valence-electron chi connectivity index (χ2n) is 5.27. The largest absolute Gasteiger partial charge is 0.303 e. The zero-order valence-corrected chi connectivity index (χ0v) is 8.60. The van der Waals surface area contributed by atoms with Crippen LogP contribution in [-0.4, -0.2) is 6.29 Å². The van der Waals surface area contributed by atoms with E-state index in [9.17, 15) is 4.79 Å². The molecular formula is C12H18O. The average molecular weight is 178 g/mol. The maximum atomic E-state index is 11.1. The number of carbonyl (C=O) groups excluding carboxylic acids is 1. The van der Waals surface area contributed by atoms with Gasteiger partial charge in [-0.1, -0.05) is 25.5 Å². The van der Waals surface area contributed by atoms with Gasteiger partial charge in [-0.15, -0.1) is 0 Å². The fourth-order valence-electron chi connectivity index (χ4n) is 2.59. The first-order valence-corrected chi connectivity index (χ1v) is 5.24. The van der Waals surface area contributed by atoms with Crippen LogP contribution in [0.2, 0.25) is 0 Å². The van der Waals surface area contributed by atoms with E-state index in [4.69, 9.17) is 0 Å². The van der Waals surface area contributed by atoms with Crippen LogP contribution in [0, 0.1) is 10.8 Å². The second kappa shape index (κ2) is 2.70. The van der Waals surface area contributed by atoms with Crippen molar-refractivity contribution >= 4 is 6.29 Å². The molecule has 0 radical (unpaired) electrons. The fraction of sp³-hybridized carbons (Fsp3) is 0.750. The Kier molecular flexibility index (Phi) is 1.86. The first-order chi connectivity index (χ1) is 6.10. The molecule has 1 nitrogen and oxygen atoms in total. The van der Waals surface area contributed by atoms with Gasteiger partial charge in [0.15, 0.2) is 0 Å². The van der Waals surface area contributed by atoms with Crippen LogP contribution >= 0.6 is 0 Å². The predicted molar refractivity (Wildman–Crippen MR) is 53.4 cm³/mol. The van der Waals surface area contributed by atoms with Crippen LogP contribution in [-0.2, 0) is 4.79 Å². The zero-order valence-electron chi connectivity index (χ0n) is 8.60. The molecule has 0 N–H and O–H groups in total. The van der Waals surface area contributed by atoms with Gasteiger partial charge in [-0.2, -0.15) is 0 Å². The van der Waals surface area contributed by atoms with Gasteiger partial charge in [-0.25, -0.2) is 0 Å². The van der Waals surface area contributed by atoms with Gasteiger partial charge in [0.1, 0.15) is 6.29 Å². The molecule has 0 amide bonds. The van der Waals surface area contributed by atoms with Gasteiger partial charge < -0.3 is 4.79 Å². The molecule has 1 fully saturated rings. The Morgan fingerprint density at radius 2 is 2.23 bits per heavy atom. The highest BCUT2D eigenvalue weighted by atomic mass is 16.1. The fourth-order valence-corrected chi connectivity index (χ4v) is 2.59. The van der Waals surface area contributed by atoms with Gasteiger partial charge in [0, 0.05) is 5.41 Å². The molecule has 0 spiro atoms. The molecule has 2 aliphatic carbocycles. The van der Waals surface area contributed by atoms with Crippen molar-refractivity contribution in [2.45, 2.75) is 46.0 Å². The van der Waals surface area contributed by atoms with Crippen molar-refractivity contribution in [1.29, 1.82) is 0 Å². The van der Waals surface area contributed by atoms with Crippen molar-refractivity contribution in [3.8, 4) is 0 Å². The lowest BCUT2D eigenvalue weighted by Crippen LogP contribution is -2.11. The molecule has 0 aliphatic heterocycles. The molecule has 2 aliphatic rings. The highest BCUT2D eigenvalue weighted by Gasteiger charge is 2.60. The maximum Gasteiger partial charge on any atom is 0.127 e. The molecular weight excluding hydrogens is 160 g/mol. The monoisotopic (exact) mass is 178 g/mol. The SMILES string of the molecule is CC1(C)CC1(C=O)CC1=CCCC1. The molecule has 0 heterocycles. The molecule has 0 aromatic rings. The molecule has 0 aromatic carbocycles.